The van der Waals surface area contributed by atoms with Gasteiger partial charge >= 0.3 is 5.69 Å². The second kappa shape index (κ2) is 11.9. The van der Waals surface area contributed by atoms with Crippen LogP contribution in [0.15, 0.2) is 75.0 Å². The number of nitro groups is 1. The third kappa shape index (κ3) is 6.52. The van der Waals surface area contributed by atoms with Gasteiger partial charge in [-0.05, 0) is 61.0 Å². The molecular formula is C27H23BrFN5O5. The van der Waals surface area contributed by atoms with E-state index >= 15 is 0 Å². The van der Waals surface area contributed by atoms with Crippen molar-refractivity contribution in [1.82, 2.24) is 9.66 Å². The third-order valence-corrected chi connectivity index (χ3v) is 6.37. The fourth-order valence-electron chi connectivity index (χ4n) is 3.66. The number of rotatable bonds is 9. The van der Waals surface area contributed by atoms with Gasteiger partial charge in [-0.2, -0.15) is 9.78 Å². The summed E-state index contributed by atoms with van der Waals surface area (Å²) >= 11 is 3.37. The number of anilines is 1. The van der Waals surface area contributed by atoms with Crippen LogP contribution in [-0.2, 0) is 4.79 Å². The molecule has 1 heterocycles. The van der Waals surface area contributed by atoms with Gasteiger partial charge in [-0.1, -0.05) is 29.8 Å². The molecule has 0 bridgehead atoms. The van der Waals surface area contributed by atoms with Crippen LogP contribution in [0, 0.1) is 15.9 Å². The molecule has 4 aromatic rings. The number of nitrogens with zero attached hydrogens (tertiary/aromatic N) is 4. The van der Waals surface area contributed by atoms with Crippen molar-refractivity contribution < 1.29 is 18.8 Å². The largest absolute Gasteiger partial charge is 0.477 e. The first-order valence-corrected chi connectivity index (χ1v) is 12.7. The van der Waals surface area contributed by atoms with Gasteiger partial charge in [0, 0.05) is 27.7 Å². The first kappa shape index (κ1) is 27.6. The topological polar surface area (TPSA) is 129 Å². The van der Waals surface area contributed by atoms with Crippen LogP contribution >= 0.6 is 15.9 Å². The van der Waals surface area contributed by atoms with E-state index in [0.717, 1.165) is 10.9 Å². The van der Waals surface area contributed by atoms with Crippen molar-refractivity contribution in [1.29, 1.82) is 0 Å². The van der Waals surface area contributed by atoms with Crippen LogP contribution in [0.2, 0.25) is 0 Å². The van der Waals surface area contributed by atoms with Gasteiger partial charge in [0.05, 0.1) is 22.0 Å². The highest BCUT2D eigenvalue weighted by Gasteiger charge is 2.18. The number of nitrogens with one attached hydrogen (secondary N) is 1. The van der Waals surface area contributed by atoms with E-state index in [2.05, 4.69) is 31.3 Å². The molecule has 3 aromatic carbocycles. The molecule has 0 fully saturated rings. The summed E-state index contributed by atoms with van der Waals surface area (Å²) in [5.74, 6) is -0.756. The number of benzene rings is 3. The monoisotopic (exact) mass is 595 g/mol. The molecule has 1 amide bonds. The third-order valence-electron chi connectivity index (χ3n) is 5.88. The van der Waals surface area contributed by atoms with E-state index in [1.54, 1.807) is 18.2 Å². The van der Waals surface area contributed by atoms with E-state index in [0.29, 0.717) is 28.0 Å². The second-order valence-electron chi connectivity index (χ2n) is 8.63. The number of ether oxygens (including phenoxy) is 1. The highest BCUT2D eigenvalue weighted by molar-refractivity contribution is 9.10. The lowest BCUT2D eigenvalue weighted by Crippen LogP contribution is -2.23. The average Bonchev–Trinajstić information content (AvgIpc) is 2.92. The summed E-state index contributed by atoms with van der Waals surface area (Å²) in [5.41, 5.74) is 0.485. The van der Waals surface area contributed by atoms with E-state index in [9.17, 15) is 24.1 Å². The van der Waals surface area contributed by atoms with Crippen molar-refractivity contribution in [2.45, 2.75) is 26.2 Å². The normalized spacial score (nSPS) is 12.0. The molecule has 10 nitrogen and oxygen atoms in total. The van der Waals surface area contributed by atoms with Crippen LogP contribution < -0.4 is 15.6 Å². The Bertz CT molecular complexity index is 1640. The lowest BCUT2D eigenvalue weighted by atomic mass is 10.1. The molecule has 0 saturated carbocycles. The van der Waals surface area contributed by atoms with Gasteiger partial charge in [0.1, 0.15) is 11.6 Å². The minimum absolute atomic E-state index is 0.0749. The van der Waals surface area contributed by atoms with Crippen LogP contribution in [0.5, 0.6) is 5.75 Å². The highest BCUT2D eigenvalue weighted by atomic mass is 79.9. The van der Waals surface area contributed by atoms with E-state index in [1.807, 2.05) is 13.8 Å². The van der Waals surface area contributed by atoms with Gasteiger partial charge in [-0.25, -0.2) is 9.37 Å². The van der Waals surface area contributed by atoms with Crippen molar-refractivity contribution in [3.63, 3.8) is 0 Å². The molecule has 1 aromatic heterocycles. The Morgan fingerprint density at radius 2 is 1.97 bits per heavy atom. The molecule has 0 unspecified atom stereocenters. The van der Waals surface area contributed by atoms with Gasteiger partial charge in [-0.3, -0.25) is 19.7 Å². The van der Waals surface area contributed by atoms with E-state index in [4.69, 9.17) is 4.74 Å². The van der Waals surface area contributed by atoms with E-state index < -0.39 is 23.3 Å². The molecule has 0 spiro atoms. The quantitative estimate of drug-likeness (QED) is 0.152. The lowest BCUT2D eigenvalue weighted by molar-refractivity contribution is -0.385. The second-order valence-corrected chi connectivity index (χ2v) is 9.55. The number of hydrogen-bond donors (Lipinski definition) is 1. The Labute approximate surface area is 230 Å². The van der Waals surface area contributed by atoms with E-state index in [1.165, 1.54) is 53.4 Å². The van der Waals surface area contributed by atoms with Crippen molar-refractivity contribution >= 4 is 50.3 Å². The van der Waals surface area contributed by atoms with Crippen LogP contribution in [-0.4, -0.2) is 33.3 Å². The number of fused-ring (bicyclic) bond motifs is 1. The van der Waals surface area contributed by atoms with Gasteiger partial charge in [0.2, 0.25) is 0 Å². The van der Waals surface area contributed by atoms with Gasteiger partial charge in [-0.15, -0.1) is 0 Å². The summed E-state index contributed by atoms with van der Waals surface area (Å²) in [6.07, 6.45) is 2.05. The zero-order valence-corrected chi connectivity index (χ0v) is 22.5. The Morgan fingerprint density at radius 3 is 2.67 bits per heavy atom. The number of amides is 1. The summed E-state index contributed by atoms with van der Waals surface area (Å²) in [4.78, 5) is 41.1. The van der Waals surface area contributed by atoms with E-state index in [-0.39, 0.29) is 22.9 Å². The Balaban J connectivity index is 1.59. The van der Waals surface area contributed by atoms with Crippen LogP contribution in [0.25, 0.3) is 10.9 Å². The van der Waals surface area contributed by atoms with Gasteiger partial charge < -0.3 is 10.1 Å². The summed E-state index contributed by atoms with van der Waals surface area (Å²) in [7, 11) is 0. The number of hydrogen-bond acceptors (Lipinski definition) is 7. The van der Waals surface area contributed by atoms with Crippen LogP contribution in [0.4, 0.5) is 15.8 Å². The molecule has 200 valence electrons. The van der Waals surface area contributed by atoms with Crippen LogP contribution in [0.1, 0.15) is 37.6 Å². The Morgan fingerprint density at radius 1 is 1.23 bits per heavy atom. The molecule has 39 heavy (non-hydrogen) atoms. The van der Waals surface area contributed by atoms with Gasteiger partial charge in [0.25, 0.3) is 11.5 Å². The maximum Gasteiger partial charge on any atom is 0.311 e. The summed E-state index contributed by atoms with van der Waals surface area (Å²) in [6, 6.07) is 14.5. The zero-order valence-electron chi connectivity index (χ0n) is 20.9. The molecule has 0 aliphatic carbocycles. The molecule has 12 heteroatoms. The average molecular weight is 596 g/mol. The predicted octanol–water partition coefficient (Wildman–Crippen LogP) is 5.62. The molecule has 1 N–H and O–H groups in total. The number of halogens is 2. The minimum atomic E-state index is -0.642. The SMILES string of the molecule is CC[C@@H](C)c1nc2ccc(Br)cc2c(=O)n1N=Cc1ccc(OCC(=O)Nc2ccc(F)cc2)c([N+](=O)[O-])c1. The zero-order chi connectivity index (χ0) is 28.1. The minimum Gasteiger partial charge on any atom is -0.477 e. The fourth-order valence-corrected chi connectivity index (χ4v) is 4.02. The van der Waals surface area contributed by atoms with Crippen molar-refractivity contribution in [3.8, 4) is 5.75 Å². The van der Waals surface area contributed by atoms with Crippen molar-refractivity contribution in [3.05, 3.63) is 103 Å². The molecule has 0 aliphatic heterocycles. The molecule has 0 radical (unpaired) electrons. The number of carbonyl (C=O) groups is 1. The molecule has 0 saturated heterocycles. The number of nitro benzene ring substituents is 1. The maximum absolute atomic E-state index is 13.3. The van der Waals surface area contributed by atoms with Crippen molar-refractivity contribution in [2.75, 3.05) is 11.9 Å². The smallest absolute Gasteiger partial charge is 0.311 e. The summed E-state index contributed by atoms with van der Waals surface area (Å²) in [5, 5.41) is 18.9. The molecule has 1 atom stereocenters. The van der Waals surface area contributed by atoms with Gasteiger partial charge in [0.15, 0.2) is 12.4 Å². The first-order valence-electron chi connectivity index (χ1n) is 11.9. The number of carbonyl (C=O) groups excluding carboxylic acids is 1. The highest BCUT2D eigenvalue weighted by Crippen LogP contribution is 2.28. The fraction of sp³-hybridized carbons (Fsp3) is 0.185. The summed E-state index contributed by atoms with van der Waals surface area (Å²) < 4.78 is 20.3. The predicted molar refractivity (Wildman–Crippen MR) is 149 cm³/mol. The molecular weight excluding hydrogens is 573 g/mol. The standard InChI is InChI=1S/C27H23BrFN5O5/c1-3-16(2)26-32-22-10-5-18(28)13-21(22)27(36)33(26)30-14-17-4-11-24(23(12-17)34(37)38)39-15-25(35)31-20-8-6-19(29)7-9-20/h4-14,16H,3,15H2,1-2H3,(H,31,35)/t16-/m1/s1. The number of aromatic nitrogens is 2. The lowest BCUT2D eigenvalue weighted by Gasteiger charge is -2.14. The first-order chi connectivity index (χ1) is 18.7. The van der Waals surface area contributed by atoms with Crippen LogP contribution in [0.3, 0.4) is 0 Å². The van der Waals surface area contributed by atoms with Crippen molar-refractivity contribution in [2.24, 2.45) is 5.10 Å². The molecule has 0 aliphatic rings. The Hall–Kier alpha value is -4.45. The summed E-state index contributed by atoms with van der Waals surface area (Å²) in [6.45, 7) is 3.40. The maximum atomic E-state index is 13.3. The molecule has 4 rings (SSSR count). The Kier molecular flexibility index (Phi) is 8.45.